The lowest BCUT2D eigenvalue weighted by Gasteiger charge is -2.25. The number of para-hydroxylation sites is 1. The van der Waals surface area contributed by atoms with Gasteiger partial charge in [-0.25, -0.2) is 5.01 Å². The number of amides is 2. The van der Waals surface area contributed by atoms with Crippen molar-refractivity contribution in [3.05, 3.63) is 101 Å². The van der Waals surface area contributed by atoms with Crippen LogP contribution in [0.2, 0.25) is 0 Å². The molecule has 1 unspecified atom stereocenters. The number of carbonyl (C=O) groups excluding carboxylic acids is 2. The van der Waals surface area contributed by atoms with E-state index in [4.69, 9.17) is 9.47 Å². The second kappa shape index (κ2) is 11.9. The molecule has 0 radical (unpaired) electrons. The Balaban J connectivity index is 1.31. The quantitative estimate of drug-likeness (QED) is 0.438. The Morgan fingerprint density at radius 2 is 1.71 bits per heavy atom. The highest BCUT2D eigenvalue weighted by molar-refractivity contribution is 6.00. The second-order valence-corrected chi connectivity index (χ2v) is 9.81. The maximum absolute atomic E-state index is 13.4. The van der Waals surface area contributed by atoms with Crippen molar-refractivity contribution >= 4 is 17.7 Å². The van der Waals surface area contributed by atoms with E-state index in [1.165, 1.54) is 5.01 Å². The summed E-state index contributed by atoms with van der Waals surface area (Å²) in [6.45, 7) is 0.752. The number of hydrazone groups is 1. The van der Waals surface area contributed by atoms with E-state index < -0.39 is 0 Å². The largest absolute Gasteiger partial charge is 0.496 e. The fraction of sp³-hybridized carbons (Fsp3) is 0.323. The molecule has 0 spiro atoms. The zero-order chi connectivity index (χ0) is 26.3. The van der Waals surface area contributed by atoms with Crippen molar-refractivity contribution in [1.29, 1.82) is 0 Å². The zero-order valence-corrected chi connectivity index (χ0v) is 21.6. The lowest BCUT2D eigenvalue weighted by atomic mass is 9.83. The van der Waals surface area contributed by atoms with E-state index in [2.05, 4.69) is 10.4 Å². The fourth-order valence-corrected chi connectivity index (χ4v) is 5.30. The summed E-state index contributed by atoms with van der Waals surface area (Å²) >= 11 is 0. The molecule has 1 aliphatic heterocycles. The number of ether oxygens (including phenoxy) is 2. The van der Waals surface area contributed by atoms with Gasteiger partial charge in [0.05, 0.1) is 25.1 Å². The second-order valence-electron chi connectivity index (χ2n) is 9.81. The van der Waals surface area contributed by atoms with Crippen LogP contribution in [0.5, 0.6) is 5.75 Å². The van der Waals surface area contributed by atoms with Crippen LogP contribution in [0.1, 0.15) is 53.9 Å². The molecule has 38 heavy (non-hydrogen) atoms. The van der Waals surface area contributed by atoms with E-state index in [0.717, 1.165) is 42.4 Å². The highest BCUT2D eigenvalue weighted by Crippen LogP contribution is 2.38. The predicted octanol–water partition coefficient (Wildman–Crippen LogP) is 5.01. The summed E-state index contributed by atoms with van der Waals surface area (Å²) in [5.74, 6) is 1.00. The third-order valence-electron chi connectivity index (χ3n) is 7.30. The summed E-state index contributed by atoms with van der Waals surface area (Å²) < 4.78 is 11.0. The van der Waals surface area contributed by atoms with Crippen LogP contribution in [0.3, 0.4) is 0 Å². The molecular formula is C31H33N3O4. The molecule has 3 aromatic carbocycles. The maximum Gasteiger partial charge on any atom is 0.281 e. The zero-order valence-electron chi connectivity index (χ0n) is 21.6. The van der Waals surface area contributed by atoms with E-state index >= 15 is 0 Å². The molecule has 1 aliphatic carbocycles. The van der Waals surface area contributed by atoms with Crippen LogP contribution < -0.4 is 10.1 Å². The molecule has 1 N–H and O–H groups in total. The topological polar surface area (TPSA) is 80.2 Å². The van der Waals surface area contributed by atoms with Gasteiger partial charge < -0.3 is 14.8 Å². The first-order valence-corrected chi connectivity index (χ1v) is 13.2. The highest BCUT2D eigenvalue weighted by atomic mass is 16.5. The van der Waals surface area contributed by atoms with Crippen LogP contribution in [0.15, 0.2) is 84.0 Å². The number of rotatable bonds is 9. The number of hydrogen-bond donors (Lipinski definition) is 1. The molecule has 3 aromatic rings. The molecule has 7 nitrogen and oxygen atoms in total. The predicted molar refractivity (Wildman–Crippen MR) is 145 cm³/mol. The molecule has 2 amide bonds. The fourth-order valence-electron chi connectivity index (χ4n) is 5.30. The number of methoxy groups -OCH3 is 1. The van der Waals surface area contributed by atoms with Gasteiger partial charge >= 0.3 is 0 Å². The molecule has 2 aliphatic rings. The van der Waals surface area contributed by atoms with Crippen LogP contribution >= 0.6 is 0 Å². The Hall–Kier alpha value is -4.13. The lowest BCUT2D eigenvalue weighted by molar-refractivity contribution is -0.136. The van der Waals surface area contributed by atoms with Crippen molar-refractivity contribution in [1.82, 2.24) is 10.3 Å². The SMILES string of the molecule is COc1ccccc1C1=NN(Cc2ccc(C(C(=O)NCc3ccccc3)C3CCCC3)cc2)C(=O)CO1. The van der Waals surface area contributed by atoms with Crippen LogP contribution in [-0.4, -0.2) is 36.4 Å². The molecule has 0 saturated heterocycles. The summed E-state index contributed by atoms with van der Waals surface area (Å²) in [6.07, 6.45) is 4.45. The van der Waals surface area contributed by atoms with Gasteiger partial charge in [-0.3, -0.25) is 9.59 Å². The third kappa shape index (κ3) is 5.88. The smallest absolute Gasteiger partial charge is 0.281 e. The molecule has 1 atom stereocenters. The molecule has 0 bridgehead atoms. The molecule has 0 aromatic heterocycles. The summed E-state index contributed by atoms with van der Waals surface area (Å²) in [4.78, 5) is 25.9. The monoisotopic (exact) mass is 511 g/mol. The lowest BCUT2D eigenvalue weighted by Crippen LogP contribution is -2.36. The van der Waals surface area contributed by atoms with Gasteiger partial charge in [-0.1, -0.05) is 79.6 Å². The average molecular weight is 512 g/mol. The van der Waals surface area contributed by atoms with Crippen LogP contribution in [0, 0.1) is 5.92 Å². The van der Waals surface area contributed by atoms with Crippen molar-refractivity contribution in [2.75, 3.05) is 13.7 Å². The van der Waals surface area contributed by atoms with Gasteiger partial charge in [0.25, 0.3) is 5.91 Å². The first-order chi connectivity index (χ1) is 18.6. The summed E-state index contributed by atoms with van der Waals surface area (Å²) in [5.41, 5.74) is 3.73. The van der Waals surface area contributed by atoms with Crippen molar-refractivity contribution in [3.8, 4) is 5.75 Å². The van der Waals surface area contributed by atoms with E-state index in [-0.39, 0.29) is 24.3 Å². The molecule has 7 heteroatoms. The number of nitrogens with one attached hydrogen (secondary N) is 1. The highest BCUT2D eigenvalue weighted by Gasteiger charge is 2.32. The summed E-state index contributed by atoms with van der Waals surface area (Å²) in [7, 11) is 1.59. The van der Waals surface area contributed by atoms with E-state index in [9.17, 15) is 9.59 Å². The van der Waals surface area contributed by atoms with Gasteiger partial charge in [-0.15, -0.1) is 5.10 Å². The van der Waals surface area contributed by atoms with Gasteiger partial charge in [-0.2, -0.15) is 0 Å². The van der Waals surface area contributed by atoms with Crippen molar-refractivity contribution < 1.29 is 19.1 Å². The van der Waals surface area contributed by atoms with Gasteiger partial charge in [0.15, 0.2) is 6.61 Å². The minimum absolute atomic E-state index is 0.0721. The Morgan fingerprint density at radius 1 is 1.00 bits per heavy atom. The molecular weight excluding hydrogens is 478 g/mol. The average Bonchev–Trinajstić information content (AvgIpc) is 3.49. The van der Waals surface area contributed by atoms with Gasteiger partial charge in [0.2, 0.25) is 11.8 Å². The third-order valence-corrected chi connectivity index (χ3v) is 7.30. The van der Waals surface area contributed by atoms with Gasteiger partial charge in [-0.05, 0) is 47.6 Å². The standard InChI is InChI=1S/C31H33N3O4/c1-37-27-14-8-7-13-26(27)31-33-34(28(35)21-38-31)20-23-15-17-25(18-16-23)29(24-11-5-6-12-24)30(36)32-19-22-9-3-2-4-10-22/h2-4,7-10,13-18,24,29H,5-6,11-12,19-21H2,1H3,(H,32,36). The van der Waals surface area contributed by atoms with Crippen LogP contribution in [-0.2, 0) is 27.4 Å². The number of nitrogens with zero attached hydrogens (tertiary/aromatic N) is 2. The van der Waals surface area contributed by atoms with Crippen molar-refractivity contribution in [2.45, 2.75) is 44.7 Å². The van der Waals surface area contributed by atoms with Gasteiger partial charge in [0, 0.05) is 6.54 Å². The Labute approximate surface area is 223 Å². The Bertz CT molecular complexity index is 1280. The first kappa shape index (κ1) is 25.5. The maximum atomic E-state index is 13.4. The number of hydrogen-bond acceptors (Lipinski definition) is 5. The molecule has 1 fully saturated rings. The minimum Gasteiger partial charge on any atom is -0.496 e. The van der Waals surface area contributed by atoms with Crippen LogP contribution in [0.25, 0.3) is 0 Å². The molecule has 5 rings (SSSR count). The number of benzene rings is 3. The summed E-state index contributed by atoms with van der Waals surface area (Å²) in [5, 5.41) is 9.06. The van der Waals surface area contributed by atoms with Crippen molar-refractivity contribution in [2.24, 2.45) is 11.0 Å². The molecule has 196 valence electrons. The Morgan fingerprint density at radius 3 is 2.45 bits per heavy atom. The van der Waals surface area contributed by atoms with E-state index in [1.54, 1.807) is 7.11 Å². The van der Waals surface area contributed by atoms with E-state index in [0.29, 0.717) is 36.2 Å². The van der Waals surface area contributed by atoms with E-state index in [1.807, 2.05) is 78.9 Å². The molecule has 1 saturated carbocycles. The Kier molecular flexibility index (Phi) is 8.02. The normalized spacial score (nSPS) is 16.5. The van der Waals surface area contributed by atoms with Gasteiger partial charge in [0.1, 0.15) is 5.75 Å². The first-order valence-electron chi connectivity index (χ1n) is 13.2. The number of carbonyl (C=O) groups is 2. The van der Waals surface area contributed by atoms with Crippen molar-refractivity contribution in [3.63, 3.8) is 0 Å². The minimum atomic E-state index is -0.211. The van der Waals surface area contributed by atoms with Crippen LogP contribution in [0.4, 0.5) is 0 Å². The molecule has 1 heterocycles. The summed E-state index contributed by atoms with van der Waals surface area (Å²) in [6, 6.07) is 25.4.